The van der Waals surface area contributed by atoms with Gasteiger partial charge in [0.1, 0.15) is 17.3 Å². The maximum atomic E-state index is 9.69. The molecule has 0 aliphatic rings. The Morgan fingerprint density at radius 3 is 2.03 bits per heavy atom. The van der Waals surface area contributed by atoms with Crippen LogP contribution < -0.4 is 14.4 Å². The number of pyridine rings is 1. The number of methoxy groups -OCH3 is 2. The molecule has 0 aliphatic carbocycles. The lowest BCUT2D eigenvalue weighted by atomic mass is 9.86. The molecular weight excluding hydrogens is 386 g/mol. The van der Waals surface area contributed by atoms with Crippen LogP contribution in [-0.4, -0.2) is 19.2 Å². The molecule has 1 heterocycles. The molecule has 0 aliphatic heterocycles. The van der Waals surface area contributed by atoms with Crippen molar-refractivity contribution in [3.05, 3.63) is 83.0 Å². The highest BCUT2D eigenvalue weighted by Crippen LogP contribution is 2.34. The molecular formula is C26H29N3O2. The number of aromatic nitrogens is 1. The number of hydrogen-bond donors (Lipinski definition) is 0. The number of ether oxygens (including phenoxy) is 2. The molecule has 0 N–H and O–H groups in total. The fraction of sp³-hybridized carbons (Fsp3) is 0.308. The summed E-state index contributed by atoms with van der Waals surface area (Å²) in [6.07, 6.45) is 1.71. The first-order valence-electron chi connectivity index (χ1n) is 10.3. The highest BCUT2D eigenvalue weighted by molar-refractivity contribution is 5.52. The summed E-state index contributed by atoms with van der Waals surface area (Å²) < 4.78 is 10.8. The van der Waals surface area contributed by atoms with Crippen LogP contribution in [-0.2, 0) is 18.5 Å². The molecule has 0 unspecified atom stereocenters. The van der Waals surface area contributed by atoms with E-state index in [4.69, 9.17) is 9.47 Å². The standard InChI is InChI=1S/C26H29N3O2/c1-19-6-8-20(9-7-19)16-29(17-21-10-12-22(30-4)13-11-21)25-14-23(26(2,3)18-27)24(31-5)15-28-25/h6-15H,16-17H2,1-5H3. The van der Waals surface area contributed by atoms with Crippen molar-refractivity contribution in [3.8, 4) is 17.6 Å². The Kier molecular flexibility index (Phi) is 6.81. The Morgan fingerprint density at radius 2 is 1.52 bits per heavy atom. The summed E-state index contributed by atoms with van der Waals surface area (Å²) in [5.41, 5.74) is 3.69. The number of hydrogen-bond acceptors (Lipinski definition) is 5. The van der Waals surface area contributed by atoms with Crippen LogP contribution in [0.25, 0.3) is 0 Å². The third-order valence-corrected chi connectivity index (χ3v) is 5.38. The topological polar surface area (TPSA) is 58.4 Å². The first-order chi connectivity index (χ1) is 14.9. The first kappa shape index (κ1) is 22.2. The summed E-state index contributed by atoms with van der Waals surface area (Å²) in [7, 11) is 3.27. The SMILES string of the molecule is COc1ccc(CN(Cc2ccc(C)cc2)c2cc(C(C)(C)C#N)c(OC)cn2)cc1. The minimum atomic E-state index is -0.696. The van der Waals surface area contributed by atoms with Gasteiger partial charge in [0.05, 0.1) is 31.9 Å². The predicted octanol–water partition coefficient (Wildman–Crippen LogP) is 5.42. The van der Waals surface area contributed by atoms with Crippen LogP contribution in [0.3, 0.4) is 0 Å². The number of anilines is 1. The molecule has 2 aromatic carbocycles. The highest BCUT2D eigenvalue weighted by Gasteiger charge is 2.26. The molecule has 0 atom stereocenters. The van der Waals surface area contributed by atoms with E-state index in [0.717, 1.165) is 22.7 Å². The summed E-state index contributed by atoms with van der Waals surface area (Å²) in [5.74, 6) is 2.25. The van der Waals surface area contributed by atoms with Crippen LogP contribution in [0.5, 0.6) is 11.5 Å². The molecule has 0 spiro atoms. The van der Waals surface area contributed by atoms with Crippen molar-refractivity contribution in [2.24, 2.45) is 0 Å². The maximum Gasteiger partial charge on any atom is 0.142 e. The number of nitrogens with zero attached hydrogens (tertiary/aromatic N) is 3. The van der Waals surface area contributed by atoms with Gasteiger partial charge in [-0.3, -0.25) is 0 Å². The monoisotopic (exact) mass is 415 g/mol. The largest absolute Gasteiger partial charge is 0.497 e. The Bertz CT molecular complexity index is 1050. The molecule has 1 aromatic heterocycles. The van der Waals surface area contributed by atoms with Crippen molar-refractivity contribution < 1.29 is 9.47 Å². The van der Waals surface area contributed by atoms with Gasteiger partial charge in [0.15, 0.2) is 0 Å². The van der Waals surface area contributed by atoms with E-state index in [9.17, 15) is 5.26 Å². The molecule has 0 saturated carbocycles. The fourth-order valence-electron chi connectivity index (χ4n) is 3.40. The molecule has 5 nitrogen and oxygen atoms in total. The third-order valence-electron chi connectivity index (χ3n) is 5.38. The van der Waals surface area contributed by atoms with Crippen molar-refractivity contribution in [2.45, 2.75) is 39.3 Å². The molecule has 31 heavy (non-hydrogen) atoms. The van der Waals surface area contributed by atoms with Crippen LogP contribution in [0.2, 0.25) is 0 Å². The first-order valence-corrected chi connectivity index (χ1v) is 10.3. The molecule has 0 radical (unpaired) electrons. The van der Waals surface area contributed by atoms with Crippen molar-refractivity contribution in [1.29, 1.82) is 5.26 Å². The summed E-state index contributed by atoms with van der Waals surface area (Å²) >= 11 is 0. The second kappa shape index (κ2) is 9.53. The zero-order chi connectivity index (χ0) is 22.4. The molecule has 0 saturated heterocycles. The van der Waals surface area contributed by atoms with Gasteiger partial charge in [-0.2, -0.15) is 5.26 Å². The van der Waals surface area contributed by atoms with E-state index in [1.807, 2.05) is 32.0 Å². The summed E-state index contributed by atoms with van der Waals surface area (Å²) in [6.45, 7) is 7.23. The minimum absolute atomic E-state index is 0.620. The van der Waals surface area contributed by atoms with E-state index in [1.54, 1.807) is 20.4 Å². The van der Waals surface area contributed by atoms with Gasteiger partial charge < -0.3 is 14.4 Å². The molecule has 0 amide bonds. The van der Waals surface area contributed by atoms with Crippen LogP contribution >= 0.6 is 0 Å². The predicted molar refractivity (Wildman–Crippen MR) is 123 cm³/mol. The van der Waals surface area contributed by atoms with E-state index in [-0.39, 0.29) is 0 Å². The minimum Gasteiger partial charge on any atom is -0.497 e. The summed E-state index contributed by atoms with van der Waals surface area (Å²) in [5, 5.41) is 9.69. The van der Waals surface area contributed by atoms with Gasteiger partial charge in [-0.15, -0.1) is 0 Å². The second-order valence-corrected chi connectivity index (χ2v) is 8.17. The van der Waals surface area contributed by atoms with Crippen molar-refractivity contribution in [3.63, 3.8) is 0 Å². The maximum absolute atomic E-state index is 9.69. The number of nitriles is 1. The molecule has 0 bridgehead atoms. The normalized spacial score (nSPS) is 11.0. The lowest BCUT2D eigenvalue weighted by molar-refractivity contribution is 0.400. The Labute approximate surface area is 184 Å². The van der Waals surface area contributed by atoms with Gasteiger partial charge >= 0.3 is 0 Å². The molecule has 5 heteroatoms. The number of rotatable bonds is 8. The van der Waals surface area contributed by atoms with Gasteiger partial charge in [-0.25, -0.2) is 4.98 Å². The van der Waals surface area contributed by atoms with Crippen molar-refractivity contribution in [1.82, 2.24) is 4.98 Å². The zero-order valence-electron chi connectivity index (χ0n) is 18.8. The quantitative estimate of drug-likeness (QED) is 0.492. The van der Waals surface area contributed by atoms with Gasteiger partial charge in [0, 0.05) is 18.7 Å². The van der Waals surface area contributed by atoms with Gasteiger partial charge in [-0.05, 0) is 50.1 Å². The zero-order valence-corrected chi connectivity index (χ0v) is 18.8. The van der Waals surface area contributed by atoms with E-state index in [0.29, 0.717) is 18.8 Å². The van der Waals surface area contributed by atoms with Gasteiger partial charge in [0.2, 0.25) is 0 Å². The van der Waals surface area contributed by atoms with Gasteiger partial charge in [0.25, 0.3) is 0 Å². The fourth-order valence-corrected chi connectivity index (χ4v) is 3.40. The number of aryl methyl sites for hydroxylation is 1. The summed E-state index contributed by atoms with van der Waals surface area (Å²) in [6, 6.07) is 20.9. The van der Waals surface area contributed by atoms with Crippen LogP contribution in [0.15, 0.2) is 60.8 Å². The van der Waals surface area contributed by atoms with Crippen LogP contribution in [0.1, 0.15) is 36.1 Å². The lowest BCUT2D eigenvalue weighted by Crippen LogP contribution is -2.24. The average molecular weight is 416 g/mol. The average Bonchev–Trinajstić information content (AvgIpc) is 2.80. The smallest absolute Gasteiger partial charge is 0.142 e. The third kappa shape index (κ3) is 5.35. The Hall–Kier alpha value is -3.52. The molecule has 0 fully saturated rings. The highest BCUT2D eigenvalue weighted by atomic mass is 16.5. The second-order valence-electron chi connectivity index (χ2n) is 8.17. The van der Waals surface area contributed by atoms with Gasteiger partial charge in [-0.1, -0.05) is 42.0 Å². The Morgan fingerprint density at radius 1 is 0.935 bits per heavy atom. The summed E-state index contributed by atoms with van der Waals surface area (Å²) in [4.78, 5) is 6.88. The van der Waals surface area contributed by atoms with E-state index in [1.165, 1.54) is 11.1 Å². The van der Waals surface area contributed by atoms with E-state index >= 15 is 0 Å². The number of benzene rings is 2. The lowest BCUT2D eigenvalue weighted by Gasteiger charge is -2.27. The molecule has 3 rings (SSSR count). The molecule has 160 valence electrons. The van der Waals surface area contributed by atoms with Crippen molar-refractivity contribution >= 4 is 5.82 Å². The Balaban J connectivity index is 2.01. The van der Waals surface area contributed by atoms with Crippen molar-refractivity contribution in [2.75, 3.05) is 19.1 Å². The van der Waals surface area contributed by atoms with E-state index < -0.39 is 5.41 Å². The molecule has 3 aromatic rings. The van der Waals surface area contributed by atoms with Crippen LogP contribution in [0.4, 0.5) is 5.82 Å². The van der Waals surface area contributed by atoms with Crippen LogP contribution in [0, 0.1) is 18.3 Å². The van der Waals surface area contributed by atoms with E-state index in [2.05, 4.69) is 59.3 Å².